The molecule has 1 rings (SSSR count). The highest BCUT2D eigenvalue weighted by Crippen LogP contribution is 2.27. The molecular weight excluding hydrogens is 168 g/mol. The fraction of sp³-hybridized carbons (Fsp3) is 0.400. The summed E-state index contributed by atoms with van der Waals surface area (Å²) in [5, 5.41) is 8.83. The number of hydrogen-bond acceptors (Lipinski definition) is 3. The predicted molar refractivity (Wildman–Crippen MR) is 50.3 cm³/mol. The van der Waals surface area contributed by atoms with Crippen molar-refractivity contribution in [3.05, 3.63) is 23.8 Å². The standard InChI is InChI=1S/C10H14O3/c1-12-9-4-3-8(5-6-11)7-10(9)13-2/h3-4,7,11H,5-6H2,1-2H3/i1D3,2D3. The Morgan fingerprint density at radius 2 is 2.08 bits per heavy atom. The van der Waals surface area contributed by atoms with Crippen molar-refractivity contribution in [3.8, 4) is 11.5 Å². The number of benzene rings is 1. The first-order valence-corrected chi connectivity index (χ1v) is 3.72. The molecule has 0 aliphatic rings. The van der Waals surface area contributed by atoms with Crippen LogP contribution in [0.2, 0.25) is 0 Å². The van der Waals surface area contributed by atoms with Gasteiger partial charge in [0.15, 0.2) is 11.5 Å². The van der Waals surface area contributed by atoms with Gasteiger partial charge in [0.2, 0.25) is 0 Å². The van der Waals surface area contributed by atoms with Crippen molar-refractivity contribution in [2.75, 3.05) is 20.7 Å². The Hall–Kier alpha value is -1.22. The van der Waals surface area contributed by atoms with E-state index in [9.17, 15) is 0 Å². The zero-order chi connectivity index (χ0) is 14.7. The number of aliphatic hydroxyl groups is 1. The molecule has 0 saturated heterocycles. The Morgan fingerprint density at radius 1 is 1.31 bits per heavy atom. The summed E-state index contributed by atoms with van der Waals surface area (Å²) < 4.78 is 51.5. The fourth-order valence-corrected chi connectivity index (χ4v) is 1.00. The van der Waals surface area contributed by atoms with Gasteiger partial charge < -0.3 is 14.6 Å². The van der Waals surface area contributed by atoms with E-state index >= 15 is 0 Å². The second kappa shape index (κ2) is 4.72. The van der Waals surface area contributed by atoms with Crippen molar-refractivity contribution >= 4 is 0 Å². The average Bonchev–Trinajstić information content (AvgIpc) is 2.18. The van der Waals surface area contributed by atoms with Gasteiger partial charge in [0.25, 0.3) is 0 Å². The molecule has 0 aliphatic heterocycles. The first-order chi connectivity index (χ1) is 8.61. The minimum absolute atomic E-state index is 0.118. The van der Waals surface area contributed by atoms with E-state index in [4.69, 9.17) is 18.1 Å². The van der Waals surface area contributed by atoms with E-state index in [1.165, 1.54) is 18.2 Å². The molecule has 0 fully saturated rings. The molecule has 1 N–H and O–H groups in total. The molecule has 3 nitrogen and oxygen atoms in total. The van der Waals surface area contributed by atoms with Gasteiger partial charge in [-0.25, -0.2) is 0 Å². The quantitative estimate of drug-likeness (QED) is 0.772. The second-order valence-electron chi connectivity index (χ2n) is 2.46. The average molecular weight is 188 g/mol. The molecule has 3 heteroatoms. The van der Waals surface area contributed by atoms with Crippen molar-refractivity contribution < 1.29 is 22.8 Å². The van der Waals surface area contributed by atoms with E-state index < -0.39 is 14.1 Å². The van der Waals surface area contributed by atoms with Crippen LogP contribution in [0.1, 0.15) is 13.8 Å². The van der Waals surface area contributed by atoms with Gasteiger partial charge >= 0.3 is 0 Å². The molecule has 0 spiro atoms. The maximum Gasteiger partial charge on any atom is 0.160 e. The number of ether oxygens (including phenoxy) is 2. The van der Waals surface area contributed by atoms with Gasteiger partial charge in [-0.05, 0) is 24.1 Å². The third-order valence-corrected chi connectivity index (χ3v) is 1.63. The predicted octanol–water partition coefficient (Wildman–Crippen LogP) is 1.24. The Bertz CT molecular complexity index is 426. The van der Waals surface area contributed by atoms with E-state index in [2.05, 4.69) is 4.74 Å². The maximum absolute atomic E-state index is 8.83. The Labute approximate surface area is 86.3 Å². The topological polar surface area (TPSA) is 38.7 Å². The van der Waals surface area contributed by atoms with Gasteiger partial charge in [-0.15, -0.1) is 0 Å². The summed E-state index contributed by atoms with van der Waals surface area (Å²) >= 11 is 0. The summed E-state index contributed by atoms with van der Waals surface area (Å²) in [6.07, 6.45) is 0.297. The zero-order valence-electron chi connectivity index (χ0n) is 12.9. The molecule has 0 radical (unpaired) electrons. The largest absolute Gasteiger partial charge is 0.493 e. The van der Waals surface area contributed by atoms with E-state index in [1.807, 2.05) is 0 Å². The molecule has 0 unspecified atom stereocenters. The van der Waals surface area contributed by atoms with Crippen LogP contribution in [-0.4, -0.2) is 25.8 Å². The Kier molecular flexibility index (Phi) is 1.57. The molecule has 0 saturated carbocycles. The molecule has 72 valence electrons. The lowest BCUT2D eigenvalue weighted by Gasteiger charge is -2.08. The lowest BCUT2D eigenvalue weighted by molar-refractivity contribution is 0.299. The molecule has 1 aromatic carbocycles. The summed E-state index contributed by atoms with van der Waals surface area (Å²) in [7, 11) is -5.42. The van der Waals surface area contributed by atoms with Gasteiger partial charge in [-0.1, -0.05) is 6.07 Å². The molecule has 13 heavy (non-hydrogen) atoms. The van der Waals surface area contributed by atoms with Crippen LogP contribution >= 0.6 is 0 Å². The SMILES string of the molecule is [2H]C([2H])([2H])Oc1ccc(CCO)cc1OC([2H])([2H])[2H]. The van der Waals surface area contributed by atoms with Crippen molar-refractivity contribution in [2.45, 2.75) is 6.42 Å². The van der Waals surface area contributed by atoms with Crippen LogP contribution in [0.3, 0.4) is 0 Å². The van der Waals surface area contributed by atoms with Crippen LogP contribution in [-0.2, 0) is 6.42 Å². The van der Waals surface area contributed by atoms with Crippen LogP contribution in [0.4, 0.5) is 0 Å². The molecule has 1 aromatic rings. The lowest BCUT2D eigenvalue weighted by atomic mass is 10.1. The monoisotopic (exact) mass is 188 g/mol. The first-order valence-electron chi connectivity index (χ1n) is 6.72. The maximum atomic E-state index is 8.83. The second-order valence-corrected chi connectivity index (χ2v) is 2.46. The van der Waals surface area contributed by atoms with Gasteiger partial charge in [-0.2, -0.15) is 0 Å². The summed E-state index contributed by atoms with van der Waals surface area (Å²) in [4.78, 5) is 0. The number of methoxy groups -OCH3 is 2. The molecule has 0 atom stereocenters. The highest BCUT2D eigenvalue weighted by molar-refractivity contribution is 5.42. The minimum atomic E-state index is -2.72. The zero-order valence-corrected chi connectivity index (χ0v) is 6.91. The molecule has 0 aromatic heterocycles. The van der Waals surface area contributed by atoms with E-state index in [0.717, 1.165) is 0 Å². The van der Waals surface area contributed by atoms with Crippen molar-refractivity contribution in [2.24, 2.45) is 0 Å². The van der Waals surface area contributed by atoms with Crippen molar-refractivity contribution in [3.63, 3.8) is 0 Å². The summed E-state index contributed by atoms with van der Waals surface area (Å²) in [6, 6.07) is 4.17. The van der Waals surface area contributed by atoms with Crippen LogP contribution in [0.25, 0.3) is 0 Å². The van der Waals surface area contributed by atoms with Gasteiger partial charge in [-0.3, -0.25) is 0 Å². The van der Waals surface area contributed by atoms with Crippen LogP contribution in [0.5, 0.6) is 11.5 Å². The number of aliphatic hydroxyl groups excluding tert-OH is 1. The first kappa shape index (κ1) is 4.33. The van der Waals surface area contributed by atoms with Crippen molar-refractivity contribution in [1.82, 2.24) is 0 Å². The smallest absolute Gasteiger partial charge is 0.160 e. The molecule has 0 bridgehead atoms. The van der Waals surface area contributed by atoms with Crippen LogP contribution < -0.4 is 9.47 Å². The van der Waals surface area contributed by atoms with Crippen molar-refractivity contribution in [1.29, 1.82) is 0 Å². The molecule has 0 aliphatic carbocycles. The fourth-order valence-electron chi connectivity index (χ4n) is 1.00. The highest BCUT2D eigenvalue weighted by Gasteiger charge is 2.03. The Morgan fingerprint density at radius 3 is 2.77 bits per heavy atom. The van der Waals surface area contributed by atoms with E-state index in [1.54, 1.807) is 0 Å². The van der Waals surface area contributed by atoms with E-state index in [0.29, 0.717) is 12.0 Å². The molecule has 0 amide bonds. The third kappa shape index (κ3) is 2.36. The van der Waals surface area contributed by atoms with E-state index in [-0.39, 0.29) is 18.1 Å². The summed E-state index contributed by atoms with van der Waals surface area (Å²) in [5.41, 5.74) is 0.611. The van der Waals surface area contributed by atoms with Gasteiger partial charge in [0.1, 0.15) is 0 Å². The number of hydrogen-bond donors (Lipinski definition) is 1. The highest BCUT2D eigenvalue weighted by atomic mass is 16.5. The summed E-state index contributed by atoms with van der Waals surface area (Å²) in [5.74, 6) is -0.375. The van der Waals surface area contributed by atoms with Gasteiger partial charge in [0, 0.05) is 6.61 Å². The van der Waals surface area contributed by atoms with Crippen LogP contribution in [0.15, 0.2) is 18.2 Å². The van der Waals surface area contributed by atoms with Crippen LogP contribution in [0, 0.1) is 0 Å². The Balaban J connectivity index is 3.07. The third-order valence-electron chi connectivity index (χ3n) is 1.63. The lowest BCUT2D eigenvalue weighted by Crippen LogP contribution is -1.94. The minimum Gasteiger partial charge on any atom is -0.493 e. The summed E-state index contributed by atoms with van der Waals surface area (Å²) in [6.45, 7) is -0.118. The number of rotatable bonds is 4. The molecule has 0 heterocycles. The van der Waals surface area contributed by atoms with Gasteiger partial charge in [0.05, 0.1) is 22.3 Å². The molecular formula is C10H14O3. The normalized spacial score (nSPS) is 18.5.